The largest absolute Gasteiger partial charge is 0.496 e. The summed E-state index contributed by atoms with van der Waals surface area (Å²) in [6, 6.07) is 15.4. The number of carbonyl (C=O) groups is 2. The number of carbonyl (C=O) groups excluding carboxylic acids is 2. The van der Waals surface area contributed by atoms with Crippen molar-refractivity contribution in [2.45, 2.75) is 26.7 Å². The third-order valence-electron chi connectivity index (χ3n) is 4.33. The van der Waals surface area contributed by atoms with E-state index >= 15 is 0 Å². The number of hydrogen-bond donors (Lipinski definition) is 1. The second kappa shape index (κ2) is 10.4. The second-order valence-corrected chi connectivity index (χ2v) is 6.42. The van der Waals surface area contributed by atoms with E-state index in [0.717, 1.165) is 22.4 Å². The van der Waals surface area contributed by atoms with Crippen molar-refractivity contribution in [3.8, 4) is 5.75 Å². The van der Waals surface area contributed by atoms with Gasteiger partial charge in [-0.15, -0.1) is 0 Å². The molecule has 0 aliphatic heterocycles. The summed E-state index contributed by atoms with van der Waals surface area (Å²) in [5.74, 6) is -0.0837. The molecule has 0 saturated heterocycles. The molecule has 5 nitrogen and oxygen atoms in total. The third-order valence-corrected chi connectivity index (χ3v) is 4.33. The number of rotatable bonds is 9. The van der Waals surface area contributed by atoms with Gasteiger partial charge in [-0.25, -0.2) is 0 Å². The molecular formula is C22H27NO4. The lowest BCUT2D eigenvalue weighted by Gasteiger charge is -2.16. The number of esters is 1. The van der Waals surface area contributed by atoms with Gasteiger partial charge < -0.3 is 14.8 Å². The van der Waals surface area contributed by atoms with E-state index in [4.69, 9.17) is 9.47 Å². The highest BCUT2D eigenvalue weighted by molar-refractivity contribution is 5.80. The molecule has 1 amide bonds. The van der Waals surface area contributed by atoms with Crippen LogP contribution in [0, 0.1) is 12.8 Å². The average Bonchev–Trinajstić information content (AvgIpc) is 2.67. The molecule has 0 saturated carbocycles. The summed E-state index contributed by atoms with van der Waals surface area (Å²) in [6.07, 6.45) is 0.760. The van der Waals surface area contributed by atoms with Crippen LogP contribution in [0.25, 0.3) is 0 Å². The van der Waals surface area contributed by atoms with Crippen molar-refractivity contribution in [1.82, 2.24) is 5.32 Å². The Morgan fingerprint density at radius 3 is 2.48 bits per heavy atom. The first-order valence-electron chi connectivity index (χ1n) is 9.14. The molecular weight excluding hydrogens is 342 g/mol. The van der Waals surface area contributed by atoms with Gasteiger partial charge in [-0.05, 0) is 43.0 Å². The van der Waals surface area contributed by atoms with E-state index in [1.807, 2.05) is 55.5 Å². The number of hydrogen-bond acceptors (Lipinski definition) is 4. The maximum absolute atomic E-state index is 12.3. The average molecular weight is 369 g/mol. The van der Waals surface area contributed by atoms with E-state index in [1.54, 1.807) is 14.0 Å². The molecule has 0 radical (unpaired) electrons. The number of methoxy groups -OCH3 is 1. The van der Waals surface area contributed by atoms with E-state index in [9.17, 15) is 9.59 Å². The minimum Gasteiger partial charge on any atom is -0.496 e. The van der Waals surface area contributed by atoms with Gasteiger partial charge in [0.2, 0.25) is 5.91 Å². The molecule has 1 N–H and O–H groups in total. The Balaban J connectivity index is 1.96. The molecule has 144 valence electrons. The monoisotopic (exact) mass is 369 g/mol. The number of nitrogens with one attached hydrogen (secondary N) is 1. The van der Waals surface area contributed by atoms with Gasteiger partial charge in [0, 0.05) is 6.54 Å². The predicted octanol–water partition coefficient (Wildman–Crippen LogP) is 3.08. The van der Waals surface area contributed by atoms with Crippen LogP contribution < -0.4 is 10.1 Å². The molecule has 27 heavy (non-hydrogen) atoms. The Hall–Kier alpha value is -2.82. The number of benzene rings is 2. The van der Waals surface area contributed by atoms with Crippen LogP contribution in [0.4, 0.5) is 0 Å². The number of amides is 1. The normalized spacial score (nSPS) is 11.5. The van der Waals surface area contributed by atoms with E-state index in [-0.39, 0.29) is 24.8 Å². The van der Waals surface area contributed by atoms with Crippen LogP contribution in [0.5, 0.6) is 5.75 Å². The maximum atomic E-state index is 12.3. The molecule has 2 aromatic carbocycles. The van der Waals surface area contributed by atoms with E-state index in [0.29, 0.717) is 13.0 Å². The summed E-state index contributed by atoms with van der Waals surface area (Å²) in [7, 11) is 1.61. The Morgan fingerprint density at radius 2 is 1.81 bits per heavy atom. The lowest BCUT2D eigenvalue weighted by atomic mass is 9.99. The fourth-order valence-electron chi connectivity index (χ4n) is 2.86. The Bertz CT molecular complexity index is 758. The minimum absolute atomic E-state index is 0.136. The second-order valence-electron chi connectivity index (χ2n) is 6.42. The highest BCUT2D eigenvalue weighted by atomic mass is 16.5. The maximum Gasteiger partial charge on any atom is 0.311 e. The predicted molar refractivity (Wildman–Crippen MR) is 105 cm³/mol. The van der Waals surface area contributed by atoms with Crippen molar-refractivity contribution in [1.29, 1.82) is 0 Å². The summed E-state index contributed by atoms with van der Waals surface area (Å²) in [4.78, 5) is 24.6. The van der Waals surface area contributed by atoms with Gasteiger partial charge in [0.25, 0.3) is 0 Å². The quantitative estimate of drug-likeness (QED) is 0.690. The first-order valence-corrected chi connectivity index (χ1v) is 9.14. The van der Waals surface area contributed by atoms with Crippen LogP contribution in [0.15, 0.2) is 48.5 Å². The summed E-state index contributed by atoms with van der Waals surface area (Å²) < 4.78 is 10.5. The number of aryl methyl sites for hydroxylation is 1. The summed E-state index contributed by atoms with van der Waals surface area (Å²) >= 11 is 0. The first kappa shape index (κ1) is 20.5. The lowest BCUT2D eigenvalue weighted by Crippen LogP contribution is -2.35. The molecule has 1 atom stereocenters. The topological polar surface area (TPSA) is 64.6 Å². The molecule has 2 aromatic rings. The molecule has 0 bridgehead atoms. The molecule has 2 rings (SSSR count). The Morgan fingerprint density at radius 1 is 1.07 bits per heavy atom. The third kappa shape index (κ3) is 6.44. The van der Waals surface area contributed by atoms with Gasteiger partial charge in [0.1, 0.15) is 5.75 Å². The fourth-order valence-corrected chi connectivity index (χ4v) is 2.86. The highest BCUT2D eigenvalue weighted by Crippen LogP contribution is 2.19. The zero-order valence-corrected chi connectivity index (χ0v) is 16.2. The molecule has 1 unspecified atom stereocenters. The molecule has 0 aromatic heterocycles. The van der Waals surface area contributed by atoms with Gasteiger partial charge >= 0.3 is 5.97 Å². The smallest absolute Gasteiger partial charge is 0.311 e. The summed E-state index contributed by atoms with van der Waals surface area (Å²) in [6.45, 7) is 4.30. The van der Waals surface area contributed by atoms with Gasteiger partial charge in [0.15, 0.2) is 0 Å². The van der Waals surface area contributed by atoms with Crippen LogP contribution in [0.2, 0.25) is 0 Å². The highest BCUT2D eigenvalue weighted by Gasteiger charge is 2.21. The van der Waals surface area contributed by atoms with Crippen LogP contribution in [-0.2, 0) is 27.2 Å². The van der Waals surface area contributed by atoms with E-state index in [2.05, 4.69) is 5.32 Å². The molecule has 0 aliphatic rings. The zero-order chi connectivity index (χ0) is 19.6. The summed E-state index contributed by atoms with van der Waals surface area (Å²) in [5.41, 5.74) is 2.92. The van der Waals surface area contributed by atoms with Gasteiger partial charge in [-0.1, -0.05) is 42.5 Å². The molecule has 0 spiro atoms. The molecule has 0 heterocycles. The van der Waals surface area contributed by atoms with Crippen molar-refractivity contribution in [3.05, 3.63) is 65.2 Å². The molecule has 0 aliphatic carbocycles. The van der Waals surface area contributed by atoms with Crippen LogP contribution in [-0.4, -0.2) is 32.1 Å². The van der Waals surface area contributed by atoms with Crippen molar-refractivity contribution in [2.75, 3.05) is 20.3 Å². The van der Waals surface area contributed by atoms with Crippen LogP contribution in [0.1, 0.15) is 23.6 Å². The minimum atomic E-state index is -0.413. The van der Waals surface area contributed by atoms with E-state index < -0.39 is 5.92 Å². The van der Waals surface area contributed by atoms with Crippen LogP contribution in [0.3, 0.4) is 0 Å². The summed E-state index contributed by atoms with van der Waals surface area (Å²) in [5, 5.41) is 2.86. The Kier molecular flexibility index (Phi) is 7.86. The SMILES string of the molecule is CCOC(=O)C(CNC(=O)Cc1ccc(C)c(OC)c1)Cc1ccccc1. The van der Waals surface area contributed by atoms with E-state index in [1.165, 1.54) is 0 Å². The van der Waals surface area contributed by atoms with Crippen molar-refractivity contribution in [3.63, 3.8) is 0 Å². The fraction of sp³-hybridized carbons (Fsp3) is 0.364. The van der Waals surface area contributed by atoms with Crippen molar-refractivity contribution < 1.29 is 19.1 Å². The van der Waals surface area contributed by atoms with Crippen molar-refractivity contribution >= 4 is 11.9 Å². The zero-order valence-electron chi connectivity index (χ0n) is 16.2. The van der Waals surface area contributed by atoms with Gasteiger partial charge in [-0.2, -0.15) is 0 Å². The molecule has 0 fully saturated rings. The first-order chi connectivity index (χ1) is 13.0. The van der Waals surface area contributed by atoms with Crippen molar-refractivity contribution in [2.24, 2.45) is 5.92 Å². The lowest BCUT2D eigenvalue weighted by molar-refractivity contribution is -0.147. The molecule has 5 heteroatoms. The Labute approximate surface area is 160 Å². The van der Waals surface area contributed by atoms with Gasteiger partial charge in [-0.3, -0.25) is 9.59 Å². The van der Waals surface area contributed by atoms with Gasteiger partial charge in [0.05, 0.1) is 26.1 Å². The van der Waals surface area contributed by atoms with Crippen LogP contribution >= 0.6 is 0 Å². The number of ether oxygens (including phenoxy) is 2. The standard InChI is InChI=1S/C22H27NO4/c1-4-27-22(25)19(12-17-8-6-5-7-9-17)15-23-21(24)14-18-11-10-16(2)20(13-18)26-3/h5-11,13,19H,4,12,14-15H2,1-3H3,(H,23,24).